The molecular formula is C16H24N6. The summed E-state index contributed by atoms with van der Waals surface area (Å²) in [6.07, 6.45) is 3.98. The van der Waals surface area contributed by atoms with Crippen molar-refractivity contribution in [3.8, 4) is 5.82 Å². The molecule has 0 amide bonds. The van der Waals surface area contributed by atoms with Crippen LogP contribution in [0, 0.1) is 13.8 Å². The fraction of sp³-hybridized carbons (Fsp3) is 0.562. The molecule has 2 aromatic heterocycles. The van der Waals surface area contributed by atoms with E-state index in [0.717, 1.165) is 36.1 Å². The van der Waals surface area contributed by atoms with Crippen molar-refractivity contribution in [1.82, 2.24) is 24.6 Å². The van der Waals surface area contributed by atoms with Gasteiger partial charge in [0, 0.05) is 30.9 Å². The Kier molecular flexibility index (Phi) is 4.11. The van der Waals surface area contributed by atoms with Crippen LogP contribution in [0.3, 0.4) is 0 Å². The molecule has 6 nitrogen and oxygen atoms in total. The van der Waals surface area contributed by atoms with Crippen LogP contribution in [0.1, 0.15) is 24.2 Å². The molecule has 0 aliphatic carbocycles. The summed E-state index contributed by atoms with van der Waals surface area (Å²) < 4.78 is 1.88. The van der Waals surface area contributed by atoms with E-state index < -0.39 is 0 Å². The topological polar surface area (TPSA) is 50.1 Å². The molecule has 0 radical (unpaired) electrons. The number of hydrogen-bond donors (Lipinski definition) is 0. The second kappa shape index (κ2) is 6.04. The summed E-state index contributed by atoms with van der Waals surface area (Å²) in [5.41, 5.74) is 2.10. The summed E-state index contributed by atoms with van der Waals surface area (Å²) >= 11 is 0. The van der Waals surface area contributed by atoms with Crippen LogP contribution >= 0.6 is 0 Å². The Morgan fingerprint density at radius 1 is 1.05 bits per heavy atom. The van der Waals surface area contributed by atoms with Gasteiger partial charge in [-0.15, -0.1) is 0 Å². The SMILES string of the molecule is Cc1cc(C)n(-c2cc(N3CCC(N(C)C)CC3)ncn2)n1. The van der Waals surface area contributed by atoms with Crippen LogP contribution in [0.4, 0.5) is 5.82 Å². The van der Waals surface area contributed by atoms with Crippen LogP contribution in [-0.2, 0) is 0 Å². The zero-order valence-corrected chi connectivity index (χ0v) is 13.8. The molecule has 0 saturated carbocycles. The number of hydrogen-bond acceptors (Lipinski definition) is 5. The lowest BCUT2D eigenvalue weighted by Gasteiger charge is -2.35. The van der Waals surface area contributed by atoms with Crippen molar-refractivity contribution in [2.45, 2.75) is 32.7 Å². The second-order valence-corrected chi connectivity index (χ2v) is 6.26. The van der Waals surface area contributed by atoms with Gasteiger partial charge in [-0.1, -0.05) is 0 Å². The zero-order chi connectivity index (χ0) is 15.7. The van der Waals surface area contributed by atoms with Gasteiger partial charge < -0.3 is 9.80 Å². The van der Waals surface area contributed by atoms with Gasteiger partial charge in [-0.3, -0.25) is 0 Å². The molecule has 1 aliphatic heterocycles. The minimum absolute atomic E-state index is 0.675. The van der Waals surface area contributed by atoms with Gasteiger partial charge in [-0.05, 0) is 46.9 Å². The van der Waals surface area contributed by atoms with Crippen LogP contribution in [0.15, 0.2) is 18.5 Å². The van der Waals surface area contributed by atoms with E-state index >= 15 is 0 Å². The summed E-state index contributed by atoms with van der Waals surface area (Å²) in [5, 5.41) is 4.50. The van der Waals surface area contributed by atoms with Gasteiger partial charge in [-0.2, -0.15) is 5.10 Å². The number of aromatic nitrogens is 4. The first kappa shape index (κ1) is 15.0. The van der Waals surface area contributed by atoms with Gasteiger partial charge in [0.05, 0.1) is 5.69 Å². The Labute approximate surface area is 131 Å². The predicted molar refractivity (Wildman–Crippen MR) is 87.6 cm³/mol. The third-order valence-corrected chi connectivity index (χ3v) is 4.38. The lowest BCUT2D eigenvalue weighted by atomic mass is 10.0. The number of aryl methyl sites for hydroxylation is 2. The van der Waals surface area contributed by atoms with Crippen LogP contribution in [0.25, 0.3) is 5.82 Å². The number of rotatable bonds is 3. The van der Waals surface area contributed by atoms with E-state index in [1.54, 1.807) is 6.33 Å². The van der Waals surface area contributed by atoms with Crippen molar-refractivity contribution >= 4 is 5.82 Å². The van der Waals surface area contributed by atoms with Crippen LogP contribution in [-0.4, -0.2) is 57.9 Å². The summed E-state index contributed by atoms with van der Waals surface area (Å²) in [6.45, 7) is 6.12. The van der Waals surface area contributed by atoms with E-state index in [1.165, 1.54) is 12.8 Å². The molecule has 3 heterocycles. The first-order chi connectivity index (χ1) is 10.5. The lowest BCUT2D eigenvalue weighted by molar-refractivity contribution is 0.249. The molecule has 1 fully saturated rings. The van der Waals surface area contributed by atoms with Gasteiger partial charge in [0.15, 0.2) is 5.82 Å². The number of piperidine rings is 1. The van der Waals surface area contributed by atoms with E-state index in [1.807, 2.05) is 24.6 Å². The molecule has 0 unspecified atom stereocenters. The third kappa shape index (κ3) is 2.97. The molecule has 0 bridgehead atoms. The Bertz CT molecular complexity index is 640. The highest BCUT2D eigenvalue weighted by Gasteiger charge is 2.21. The van der Waals surface area contributed by atoms with Crippen molar-refractivity contribution in [1.29, 1.82) is 0 Å². The average molecular weight is 300 g/mol. The smallest absolute Gasteiger partial charge is 0.159 e. The summed E-state index contributed by atoms with van der Waals surface area (Å²) in [7, 11) is 4.32. The molecule has 0 N–H and O–H groups in total. The maximum absolute atomic E-state index is 4.50. The van der Waals surface area contributed by atoms with Gasteiger partial charge in [0.1, 0.15) is 12.1 Å². The minimum Gasteiger partial charge on any atom is -0.356 e. The summed E-state index contributed by atoms with van der Waals surface area (Å²) in [6, 6.07) is 4.77. The van der Waals surface area contributed by atoms with Crippen molar-refractivity contribution in [2.24, 2.45) is 0 Å². The molecule has 118 valence electrons. The Morgan fingerprint density at radius 2 is 1.73 bits per heavy atom. The van der Waals surface area contributed by atoms with Gasteiger partial charge >= 0.3 is 0 Å². The van der Waals surface area contributed by atoms with Crippen molar-refractivity contribution in [3.05, 3.63) is 29.8 Å². The maximum atomic E-state index is 4.50. The number of anilines is 1. The van der Waals surface area contributed by atoms with Gasteiger partial charge in [0.2, 0.25) is 0 Å². The minimum atomic E-state index is 0.675. The first-order valence-corrected chi connectivity index (χ1v) is 7.81. The predicted octanol–water partition coefficient (Wildman–Crippen LogP) is 1.81. The molecule has 1 saturated heterocycles. The normalized spacial score (nSPS) is 16.5. The highest BCUT2D eigenvalue weighted by atomic mass is 15.3. The van der Waals surface area contributed by atoms with Crippen LogP contribution < -0.4 is 4.90 Å². The molecule has 0 aromatic carbocycles. The molecule has 0 atom stereocenters. The molecule has 0 spiro atoms. The third-order valence-electron chi connectivity index (χ3n) is 4.38. The van der Waals surface area contributed by atoms with Gasteiger partial charge in [-0.25, -0.2) is 14.6 Å². The second-order valence-electron chi connectivity index (χ2n) is 6.26. The van der Waals surface area contributed by atoms with Crippen molar-refractivity contribution in [2.75, 3.05) is 32.1 Å². The highest BCUT2D eigenvalue weighted by molar-refractivity contribution is 5.44. The Hall–Kier alpha value is -1.95. The maximum Gasteiger partial charge on any atom is 0.159 e. The average Bonchev–Trinajstić information content (AvgIpc) is 2.86. The Morgan fingerprint density at radius 3 is 2.32 bits per heavy atom. The summed E-state index contributed by atoms with van der Waals surface area (Å²) in [5.74, 6) is 1.83. The summed E-state index contributed by atoms with van der Waals surface area (Å²) in [4.78, 5) is 13.5. The van der Waals surface area contributed by atoms with E-state index in [-0.39, 0.29) is 0 Å². The first-order valence-electron chi connectivity index (χ1n) is 7.81. The number of nitrogens with zero attached hydrogens (tertiary/aromatic N) is 6. The van der Waals surface area contributed by atoms with Crippen LogP contribution in [0.5, 0.6) is 0 Å². The van der Waals surface area contributed by atoms with E-state index in [4.69, 9.17) is 0 Å². The zero-order valence-electron chi connectivity index (χ0n) is 13.8. The monoisotopic (exact) mass is 300 g/mol. The van der Waals surface area contributed by atoms with Gasteiger partial charge in [0.25, 0.3) is 0 Å². The Balaban J connectivity index is 1.79. The quantitative estimate of drug-likeness (QED) is 0.865. The van der Waals surface area contributed by atoms with Crippen LogP contribution in [0.2, 0.25) is 0 Å². The molecule has 2 aromatic rings. The lowest BCUT2D eigenvalue weighted by Crippen LogP contribution is -2.42. The van der Waals surface area contributed by atoms with Crippen molar-refractivity contribution in [3.63, 3.8) is 0 Å². The standard InChI is InChI=1S/C16H24N6/c1-12-9-13(2)22(19-12)16-10-15(17-11-18-16)21-7-5-14(6-8-21)20(3)4/h9-11,14H,5-8H2,1-4H3. The molecule has 3 rings (SSSR count). The largest absolute Gasteiger partial charge is 0.356 e. The fourth-order valence-electron chi connectivity index (χ4n) is 3.10. The highest BCUT2D eigenvalue weighted by Crippen LogP contribution is 2.21. The fourth-order valence-corrected chi connectivity index (χ4v) is 3.10. The van der Waals surface area contributed by atoms with Crippen molar-refractivity contribution < 1.29 is 0 Å². The molecule has 22 heavy (non-hydrogen) atoms. The van der Waals surface area contributed by atoms with E-state index in [9.17, 15) is 0 Å². The van der Waals surface area contributed by atoms with E-state index in [2.05, 4.69) is 45.0 Å². The molecular weight excluding hydrogens is 276 g/mol. The molecule has 1 aliphatic rings. The van der Waals surface area contributed by atoms with E-state index in [0.29, 0.717) is 6.04 Å². The molecule has 6 heteroatoms.